The summed E-state index contributed by atoms with van der Waals surface area (Å²) in [6, 6.07) is 61.8. The van der Waals surface area contributed by atoms with Crippen LogP contribution in [0.15, 0.2) is 182 Å². The van der Waals surface area contributed by atoms with E-state index >= 15 is 0 Å². The second kappa shape index (κ2) is 9.97. The highest BCUT2D eigenvalue weighted by atomic mass is 16.5. The Morgan fingerprint density at radius 2 is 1.09 bits per heavy atom. The molecule has 0 saturated carbocycles. The number of aromatic nitrogens is 4. The molecule has 11 aromatic rings. The van der Waals surface area contributed by atoms with E-state index in [0.717, 1.165) is 22.8 Å². The molecule has 14 rings (SSSR count). The average Bonchev–Trinajstić information content (AvgIpc) is 3.91. The summed E-state index contributed by atoms with van der Waals surface area (Å²) in [5, 5.41) is 4.89. The second-order valence-electron chi connectivity index (χ2n) is 15.2. The molecule has 0 N–H and O–H groups in total. The summed E-state index contributed by atoms with van der Waals surface area (Å²) < 4.78 is 17.2. The molecule has 1 unspecified atom stereocenters. The van der Waals surface area contributed by atoms with Crippen LogP contribution in [0.25, 0.3) is 88.5 Å². The Balaban J connectivity index is 1.26. The van der Waals surface area contributed by atoms with Crippen LogP contribution >= 0.6 is 0 Å². The molecule has 5 heteroatoms. The highest BCUT2D eigenvalue weighted by Crippen LogP contribution is 2.58. The molecule has 0 amide bonds. The molecule has 56 heavy (non-hydrogen) atoms. The molecule has 3 aliphatic rings. The van der Waals surface area contributed by atoms with Gasteiger partial charge in [0.2, 0.25) is 5.52 Å². The smallest absolute Gasteiger partial charge is 0.375 e. The van der Waals surface area contributed by atoms with Crippen LogP contribution in [0.2, 0.25) is 0 Å². The van der Waals surface area contributed by atoms with Crippen LogP contribution < -0.4 is 13.9 Å². The Bertz CT molecular complexity index is 3550. The van der Waals surface area contributed by atoms with Gasteiger partial charge in [0.05, 0.1) is 33.7 Å². The highest BCUT2D eigenvalue weighted by Gasteiger charge is 2.67. The van der Waals surface area contributed by atoms with Gasteiger partial charge in [0, 0.05) is 34.0 Å². The van der Waals surface area contributed by atoms with Crippen LogP contribution in [0.3, 0.4) is 0 Å². The van der Waals surface area contributed by atoms with Crippen LogP contribution in [0, 0.1) is 0 Å². The van der Waals surface area contributed by atoms with E-state index in [0.29, 0.717) is 0 Å². The molecule has 5 aromatic heterocycles. The van der Waals surface area contributed by atoms with Crippen LogP contribution in [-0.2, 0) is 5.66 Å². The van der Waals surface area contributed by atoms with Crippen molar-refractivity contribution in [3.8, 4) is 50.8 Å². The van der Waals surface area contributed by atoms with E-state index in [2.05, 4.69) is 200 Å². The molecular formula is C51H30N4O+2. The number of hydrogen-bond acceptors (Lipinski definition) is 1. The van der Waals surface area contributed by atoms with E-state index in [4.69, 9.17) is 4.74 Å². The lowest BCUT2D eigenvalue weighted by atomic mass is 9.84. The first-order valence-corrected chi connectivity index (χ1v) is 19.3. The summed E-state index contributed by atoms with van der Waals surface area (Å²) in [5.41, 5.74) is 14.7. The van der Waals surface area contributed by atoms with E-state index < -0.39 is 5.66 Å². The number of benzene rings is 6. The average molecular weight is 715 g/mol. The van der Waals surface area contributed by atoms with E-state index in [1.807, 2.05) is 0 Å². The van der Waals surface area contributed by atoms with Crippen LogP contribution in [-0.4, -0.2) is 8.97 Å². The van der Waals surface area contributed by atoms with Crippen molar-refractivity contribution in [3.63, 3.8) is 0 Å². The van der Waals surface area contributed by atoms with Gasteiger partial charge < -0.3 is 9.14 Å². The molecule has 0 fully saturated rings. The number of ether oxygens (including phenoxy) is 1. The number of pyridine rings is 3. The number of rotatable bonds is 3. The summed E-state index contributed by atoms with van der Waals surface area (Å²) >= 11 is 0. The summed E-state index contributed by atoms with van der Waals surface area (Å²) in [7, 11) is 0. The monoisotopic (exact) mass is 714 g/mol. The zero-order chi connectivity index (χ0) is 36.3. The standard InChI is InChI=1S/C51H30N4O/c1-4-15-31(16-5-1)42-43(32-17-6-2-7-18-32)49-36-22-14-30-53-48(36)44-38(55(49)47(42)33-19-8-3-9-20-33)26-28-39-45(44)51(53)46-40(56-39)27-25-35-34-21-10-11-23-37(34)54(50(35)46)41-24-12-13-29-52(41)51/h1-30H/q+2. The molecule has 0 saturated heterocycles. The Hall–Kier alpha value is -7.50. The Morgan fingerprint density at radius 3 is 1.89 bits per heavy atom. The number of nitrogens with zero attached hydrogens (tertiary/aromatic N) is 4. The van der Waals surface area contributed by atoms with E-state index in [9.17, 15) is 0 Å². The lowest BCUT2D eigenvalue weighted by Gasteiger charge is -2.34. The van der Waals surface area contributed by atoms with Crippen molar-refractivity contribution < 1.29 is 13.9 Å². The first-order valence-electron chi connectivity index (χ1n) is 19.3. The molecule has 8 heterocycles. The van der Waals surface area contributed by atoms with Crippen LogP contribution in [0.5, 0.6) is 11.5 Å². The van der Waals surface area contributed by atoms with Gasteiger partial charge in [-0.2, -0.15) is 9.13 Å². The van der Waals surface area contributed by atoms with Crippen LogP contribution in [0.4, 0.5) is 0 Å². The topological polar surface area (TPSA) is 26.3 Å². The fraction of sp³-hybridized carbons (Fsp3) is 0.0196. The van der Waals surface area contributed by atoms with Gasteiger partial charge >= 0.3 is 5.66 Å². The van der Waals surface area contributed by atoms with Crippen molar-refractivity contribution >= 4 is 49.1 Å². The van der Waals surface area contributed by atoms with Gasteiger partial charge in [-0.1, -0.05) is 109 Å². The summed E-state index contributed by atoms with van der Waals surface area (Å²) in [4.78, 5) is 0. The molecule has 5 nitrogen and oxygen atoms in total. The first-order chi connectivity index (χ1) is 27.8. The molecule has 1 atom stereocenters. The second-order valence-corrected chi connectivity index (χ2v) is 15.2. The minimum Gasteiger partial charge on any atom is -0.456 e. The van der Waals surface area contributed by atoms with Gasteiger partial charge in [0.1, 0.15) is 22.6 Å². The van der Waals surface area contributed by atoms with Gasteiger partial charge in [-0.3, -0.25) is 0 Å². The van der Waals surface area contributed by atoms with Crippen molar-refractivity contribution in [2.75, 3.05) is 0 Å². The zero-order valence-electron chi connectivity index (χ0n) is 30.0. The molecule has 0 bridgehead atoms. The molecule has 0 radical (unpaired) electrons. The third kappa shape index (κ3) is 3.16. The Labute approximate surface area is 320 Å². The quantitative estimate of drug-likeness (QED) is 0.132. The molecule has 1 spiro atoms. The van der Waals surface area contributed by atoms with Gasteiger partial charge in [0.25, 0.3) is 5.82 Å². The lowest BCUT2D eigenvalue weighted by Crippen LogP contribution is -2.75. The van der Waals surface area contributed by atoms with Crippen molar-refractivity contribution in [2.45, 2.75) is 5.66 Å². The molecular weight excluding hydrogens is 685 g/mol. The Morgan fingerprint density at radius 1 is 0.446 bits per heavy atom. The van der Waals surface area contributed by atoms with Gasteiger partial charge in [-0.25, -0.2) is 0 Å². The highest BCUT2D eigenvalue weighted by molar-refractivity contribution is 6.21. The van der Waals surface area contributed by atoms with Crippen LogP contribution in [0.1, 0.15) is 11.1 Å². The van der Waals surface area contributed by atoms with E-state index in [1.54, 1.807) is 0 Å². The molecule has 258 valence electrons. The summed E-state index contributed by atoms with van der Waals surface area (Å²) in [6.45, 7) is 0. The van der Waals surface area contributed by atoms with E-state index in [-0.39, 0.29) is 0 Å². The van der Waals surface area contributed by atoms with Crippen molar-refractivity contribution in [2.24, 2.45) is 0 Å². The fourth-order valence-corrected chi connectivity index (χ4v) is 10.8. The maximum atomic E-state index is 7.11. The summed E-state index contributed by atoms with van der Waals surface area (Å²) in [6.07, 6.45) is 4.58. The minimum atomic E-state index is -0.744. The lowest BCUT2D eigenvalue weighted by molar-refractivity contribution is -0.956. The third-order valence-corrected chi connectivity index (χ3v) is 12.7. The maximum absolute atomic E-state index is 7.11. The van der Waals surface area contributed by atoms with E-state index in [1.165, 1.54) is 88.2 Å². The molecule has 0 aliphatic carbocycles. The van der Waals surface area contributed by atoms with Crippen molar-refractivity contribution in [3.05, 3.63) is 193 Å². The maximum Gasteiger partial charge on any atom is 0.375 e. The number of para-hydroxylation sites is 1. The predicted molar refractivity (Wildman–Crippen MR) is 222 cm³/mol. The molecule has 6 aromatic carbocycles. The van der Waals surface area contributed by atoms with Gasteiger partial charge in [0.15, 0.2) is 17.3 Å². The zero-order valence-corrected chi connectivity index (χ0v) is 30.0. The largest absolute Gasteiger partial charge is 0.456 e. The van der Waals surface area contributed by atoms with Crippen molar-refractivity contribution in [1.82, 2.24) is 8.97 Å². The van der Waals surface area contributed by atoms with Gasteiger partial charge in [-0.15, -0.1) is 4.57 Å². The summed E-state index contributed by atoms with van der Waals surface area (Å²) in [5.74, 6) is 2.90. The number of hydrogen-bond donors (Lipinski definition) is 0. The Kier molecular flexibility index (Phi) is 5.15. The third-order valence-electron chi connectivity index (χ3n) is 12.7. The fourth-order valence-electron chi connectivity index (χ4n) is 10.8. The SMILES string of the molecule is c1ccc(-c2c(-c3ccccc3)c3c4ccc[n+]5c4c4c6c(ccc4n3c2-c2ccccc2)Oc2ccc3c4ccccc4n4c3c2C65[n+]2ccccc2-4)cc1. The van der Waals surface area contributed by atoms with Gasteiger partial charge in [-0.05, 0) is 65.2 Å². The predicted octanol–water partition coefficient (Wildman–Crippen LogP) is 10.9. The van der Waals surface area contributed by atoms with Crippen molar-refractivity contribution in [1.29, 1.82) is 0 Å². The normalized spacial score (nSPS) is 15.7. The minimum absolute atomic E-state index is 0.744. The molecule has 3 aliphatic heterocycles. The first kappa shape index (κ1) is 28.9. The number of fused-ring (bicyclic) bond motifs is 8.